The standard InChI is InChI=1S/C21H22N2O3S2/c1-3-17-7-4-5-8-19(17)22-20(24)15-23(18-12-10-16(2)11-13-18)28(25,26)21-9-6-14-27-21/h4-14H,3,15H2,1-2H3,(H,22,24). The summed E-state index contributed by atoms with van der Waals surface area (Å²) in [5.41, 5.74) is 3.17. The van der Waals surface area contributed by atoms with Crippen LogP contribution >= 0.6 is 11.3 Å². The average Bonchev–Trinajstić information content (AvgIpc) is 3.23. The zero-order valence-corrected chi connectivity index (χ0v) is 17.4. The van der Waals surface area contributed by atoms with Crippen molar-refractivity contribution in [1.82, 2.24) is 0 Å². The summed E-state index contributed by atoms with van der Waals surface area (Å²) in [7, 11) is -3.84. The molecule has 3 aromatic rings. The molecule has 0 saturated carbocycles. The Balaban J connectivity index is 1.91. The average molecular weight is 415 g/mol. The Morgan fingerprint density at radius 3 is 2.39 bits per heavy atom. The molecule has 146 valence electrons. The summed E-state index contributed by atoms with van der Waals surface area (Å²) in [6.07, 6.45) is 0.769. The summed E-state index contributed by atoms with van der Waals surface area (Å²) >= 11 is 1.13. The number of aryl methyl sites for hydroxylation is 2. The van der Waals surface area contributed by atoms with E-state index in [4.69, 9.17) is 0 Å². The van der Waals surface area contributed by atoms with Gasteiger partial charge in [0.2, 0.25) is 5.91 Å². The first-order chi connectivity index (χ1) is 13.4. The Labute approximate surface area is 169 Å². The number of sulfonamides is 1. The molecule has 1 aromatic heterocycles. The van der Waals surface area contributed by atoms with Crippen molar-refractivity contribution < 1.29 is 13.2 Å². The number of rotatable bonds is 7. The van der Waals surface area contributed by atoms with Crippen LogP contribution in [0.25, 0.3) is 0 Å². The molecule has 2 aromatic carbocycles. The highest BCUT2D eigenvalue weighted by Crippen LogP contribution is 2.27. The van der Waals surface area contributed by atoms with E-state index in [1.54, 1.807) is 29.6 Å². The summed E-state index contributed by atoms with van der Waals surface area (Å²) in [5, 5.41) is 4.55. The smallest absolute Gasteiger partial charge is 0.274 e. The molecule has 1 N–H and O–H groups in total. The molecular formula is C21H22N2O3S2. The van der Waals surface area contributed by atoms with Crippen molar-refractivity contribution in [2.45, 2.75) is 24.5 Å². The van der Waals surface area contributed by atoms with Gasteiger partial charge in [-0.25, -0.2) is 8.42 Å². The highest BCUT2D eigenvalue weighted by atomic mass is 32.2. The van der Waals surface area contributed by atoms with E-state index >= 15 is 0 Å². The number of hydrogen-bond acceptors (Lipinski definition) is 4. The van der Waals surface area contributed by atoms with Gasteiger partial charge in [0.25, 0.3) is 10.0 Å². The minimum absolute atomic E-state index is 0.204. The predicted octanol–water partition coefficient (Wildman–Crippen LogP) is 4.45. The van der Waals surface area contributed by atoms with Crippen LogP contribution in [0.4, 0.5) is 11.4 Å². The molecule has 5 nitrogen and oxygen atoms in total. The van der Waals surface area contributed by atoms with Gasteiger partial charge < -0.3 is 5.32 Å². The van der Waals surface area contributed by atoms with Gasteiger partial charge in [0.1, 0.15) is 10.8 Å². The third-order valence-electron chi connectivity index (χ3n) is 4.32. The molecule has 0 spiro atoms. The third-order valence-corrected chi connectivity index (χ3v) is 7.47. The Bertz CT molecular complexity index is 1040. The summed E-state index contributed by atoms with van der Waals surface area (Å²) in [6.45, 7) is 3.63. The van der Waals surface area contributed by atoms with Crippen molar-refractivity contribution in [1.29, 1.82) is 0 Å². The lowest BCUT2D eigenvalue weighted by atomic mass is 10.1. The van der Waals surface area contributed by atoms with Crippen molar-refractivity contribution in [3.05, 3.63) is 77.2 Å². The molecule has 0 bridgehead atoms. The zero-order valence-electron chi connectivity index (χ0n) is 15.8. The number of hydrogen-bond donors (Lipinski definition) is 1. The summed E-state index contributed by atoms with van der Waals surface area (Å²) in [4.78, 5) is 12.7. The van der Waals surface area contributed by atoms with Crippen LogP contribution in [0.2, 0.25) is 0 Å². The lowest BCUT2D eigenvalue weighted by Gasteiger charge is -2.23. The topological polar surface area (TPSA) is 66.5 Å². The van der Waals surface area contributed by atoms with Gasteiger partial charge in [-0.1, -0.05) is 48.9 Å². The Kier molecular flexibility index (Phi) is 6.16. The SMILES string of the molecule is CCc1ccccc1NC(=O)CN(c1ccc(C)cc1)S(=O)(=O)c1cccs1. The van der Waals surface area contributed by atoms with E-state index in [1.165, 1.54) is 0 Å². The second kappa shape index (κ2) is 8.58. The molecule has 0 aliphatic carbocycles. The number of amides is 1. The van der Waals surface area contributed by atoms with E-state index in [1.807, 2.05) is 50.2 Å². The van der Waals surface area contributed by atoms with Crippen molar-refractivity contribution >= 4 is 38.6 Å². The minimum atomic E-state index is -3.84. The predicted molar refractivity (Wildman–Crippen MR) is 114 cm³/mol. The fraction of sp³-hybridized carbons (Fsp3) is 0.190. The molecule has 0 fully saturated rings. The van der Waals surface area contributed by atoms with Gasteiger partial charge in [-0.05, 0) is 48.6 Å². The molecule has 0 aliphatic heterocycles. The van der Waals surface area contributed by atoms with Crippen molar-refractivity contribution in [3.63, 3.8) is 0 Å². The molecule has 0 atom stereocenters. The van der Waals surface area contributed by atoms with E-state index in [0.29, 0.717) is 11.4 Å². The monoisotopic (exact) mass is 414 g/mol. The molecule has 0 aliphatic rings. The van der Waals surface area contributed by atoms with Crippen LogP contribution < -0.4 is 9.62 Å². The number of benzene rings is 2. The summed E-state index contributed by atoms with van der Waals surface area (Å²) in [5.74, 6) is -0.387. The quantitative estimate of drug-likeness (QED) is 0.621. The lowest BCUT2D eigenvalue weighted by Crippen LogP contribution is -2.38. The third kappa shape index (κ3) is 4.43. The van der Waals surface area contributed by atoms with Crippen molar-refractivity contribution in [3.8, 4) is 0 Å². The normalized spacial score (nSPS) is 11.2. The van der Waals surface area contributed by atoms with Crippen LogP contribution in [-0.4, -0.2) is 20.9 Å². The zero-order chi connectivity index (χ0) is 20.1. The van der Waals surface area contributed by atoms with Crippen LogP contribution in [-0.2, 0) is 21.2 Å². The van der Waals surface area contributed by atoms with Gasteiger partial charge >= 0.3 is 0 Å². The van der Waals surface area contributed by atoms with Gasteiger partial charge in [-0.15, -0.1) is 11.3 Å². The number of thiophene rings is 1. The number of carbonyl (C=O) groups excluding carboxylic acids is 1. The number of nitrogens with zero attached hydrogens (tertiary/aromatic N) is 1. The fourth-order valence-electron chi connectivity index (χ4n) is 2.82. The van der Waals surface area contributed by atoms with Crippen LogP contribution in [0.5, 0.6) is 0 Å². The maximum Gasteiger partial charge on any atom is 0.274 e. The Hall–Kier alpha value is -2.64. The highest BCUT2D eigenvalue weighted by Gasteiger charge is 2.28. The molecule has 3 rings (SSSR count). The molecule has 0 saturated heterocycles. The van der Waals surface area contributed by atoms with E-state index in [2.05, 4.69) is 5.32 Å². The first kappa shape index (κ1) is 20.1. The van der Waals surface area contributed by atoms with Crippen LogP contribution in [0, 0.1) is 6.92 Å². The molecular weight excluding hydrogens is 392 g/mol. The van der Waals surface area contributed by atoms with E-state index in [0.717, 1.165) is 33.2 Å². The highest BCUT2D eigenvalue weighted by molar-refractivity contribution is 7.94. The van der Waals surface area contributed by atoms with Gasteiger partial charge in [-0.3, -0.25) is 9.10 Å². The second-order valence-electron chi connectivity index (χ2n) is 6.34. The molecule has 1 heterocycles. The second-order valence-corrected chi connectivity index (χ2v) is 9.38. The summed E-state index contributed by atoms with van der Waals surface area (Å²) < 4.78 is 27.7. The summed E-state index contributed by atoms with van der Waals surface area (Å²) in [6, 6.07) is 17.8. The molecule has 1 amide bonds. The number of carbonyl (C=O) groups is 1. The number of anilines is 2. The Morgan fingerprint density at radius 2 is 1.75 bits per heavy atom. The van der Waals surface area contributed by atoms with E-state index < -0.39 is 10.0 Å². The van der Waals surface area contributed by atoms with Gasteiger partial charge in [0.05, 0.1) is 5.69 Å². The van der Waals surface area contributed by atoms with Crippen LogP contribution in [0.3, 0.4) is 0 Å². The van der Waals surface area contributed by atoms with Crippen molar-refractivity contribution in [2.24, 2.45) is 0 Å². The Morgan fingerprint density at radius 1 is 1.04 bits per heavy atom. The van der Waals surface area contributed by atoms with Crippen LogP contribution in [0.1, 0.15) is 18.1 Å². The van der Waals surface area contributed by atoms with Gasteiger partial charge in [0, 0.05) is 5.69 Å². The van der Waals surface area contributed by atoms with Crippen LogP contribution in [0.15, 0.2) is 70.3 Å². The largest absolute Gasteiger partial charge is 0.324 e. The fourth-order valence-corrected chi connectivity index (χ4v) is 5.34. The molecule has 28 heavy (non-hydrogen) atoms. The first-order valence-corrected chi connectivity index (χ1v) is 11.2. The maximum atomic E-state index is 13.1. The molecule has 0 radical (unpaired) electrons. The molecule has 7 heteroatoms. The maximum absolute atomic E-state index is 13.1. The number of nitrogens with one attached hydrogen (secondary N) is 1. The lowest BCUT2D eigenvalue weighted by molar-refractivity contribution is -0.114. The number of para-hydroxylation sites is 1. The van der Waals surface area contributed by atoms with E-state index in [-0.39, 0.29) is 16.7 Å². The van der Waals surface area contributed by atoms with E-state index in [9.17, 15) is 13.2 Å². The molecule has 0 unspecified atom stereocenters. The van der Waals surface area contributed by atoms with Gasteiger partial charge in [-0.2, -0.15) is 0 Å². The first-order valence-electron chi connectivity index (χ1n) is 8.92. The minimum Gasteiger partial charge on any atom is -0.324 e. The van der Waals surface area contributed by atoms with Gasteiger partial charge in [0.15, 0.2) is 0 Å². The van der Waals surface area contributed by atoms with Crippen molar-refractivity contribution in [2.75, 3.05) is 16.2 Å².